The van der Waals surface area contributed by atoms with E-state index in [1.165, 1.54) is 16.6 Å². The lowest BCUT2D eigenvalue weighted by Gasteiger charge is -2.30. The fraction of sp³-hybridized carbons (Fsp3) is 0.455. The van der Waals surface area contributed by atoms with E-state index in [2.05, 4.69) is 49.1 Å². The maximum Gasteiger partial charge on any atom is 0.129 e. The van der Waals surface area contributed by atoms with Gasteiger partial charge in [-0.15, -0.1) is 21.0 Å². The molecule has 5 nitrogen and oxygen atoms in total. The second-order valence-electron chi connectivity index (χ2n) is 7.93. The zero-order valence-corrected chi connectivity index (χ0v) is 19.0. The van der Waals surface area contributed by atoms with Crippen molar-refractivity contribution in [3.8, 4) is 0 Å². The second-order valence-corrected chi connectivity index (χ2v) is 9.70. The molecule has 2 heterocycles. The SMILES string of the molecule is NNCC1(c2ccc(P)cc2F)CCC(CSc2ccc(N3CCNCC3)cc2)O1. The van der Waals surface area contributed by atoms with E-state index in [0.717, 1.165) is 50.1 Å². The summed E-state index contributed by atoms with van der Waals surface area (Å²) < 4.78 is 21.1. The predicted octanol–water partition coefficient (Wildman–Crippen LogP) is 2.37. The number of rotatable bonds is 7. The Labute approximate surface area is 184 Å². The van der Waals surface area contributed by atoms with Crippen LogP contribution in [0.5, 0.6) is 0 Å². The summed E-state index contributed by atoms with van der Waals surface area (Å²) in [5.41, 5.74) is 3.86. The predicted molar refractivity (Wildman–Crippen MR) is 126 cm³/mol. The van der Waals surface area contributed by atoms with Crippen LogP contribution in [0.25, 0.3) is 0 Å². The molecule has 2 fully saturated rings. The molecule has 2 saturated heterocycles. The molecule has 0 aliphatic carbocycles. The van der Waals surface area contributed by atoms with Gasteiger partial charge in [-0.1, -0.05) is 12.1 Å². The van der Waals surface area contributed by atoms with Crippen molar-refractivity contribution in [2.45, 2.75) is 29.4 Å². The molecule has 2 aromatic rings. The minimum absolute atomic E-state index is 0.0614. The molecule has 2 aromatic carbocycles. The average molecular weight is 449 g/mol. The van der Waals surface area contributed by atoms with Crippen LogP contribution in [0.1, 0.15) is 18.4 Å². The highest BCUT2D eigenvalue weighted by molar-refractivity contribution is 7.99. The van der Waals surface area contributed by atoms with E-state index >= 15 is 0 Å². The first-order valence-electron chi connectivity index (χ1n) is 10.4. The van der Waals surface area contributed by atoms with Gasteiger partial charge in [-0.05, 0) is 48.5 Å². The number of anilines is 1. The van der Waals surface area contributed by atoms with Crippen LogP contribution in [-0.2, 0) is 10.3 Å². The highest BCUT2D eigenvalue weighted by atomic mass is 32.2. The van der Waals surface area contributed by atoms with Crippen LogP contribution < -0.4 is 26.8 Å². The molecule has 4 rings (SSSR count). The number of piperazine rings is 1. The summed E-state index contributed by atoms with van der Waals surface area (Å²) >= 11 is 1.79. The van der Waals surface area contributed by atoms with Crippen LogP contribution in [0.2, 0.25) is 0 Å². The molecule has 162 valence electrons. The lowest BCUT2D eigenvalue weighted by atomic mass is 9.90. The van der Waals surface area contributed by atoms with Gasteiger partial charge < -0.3 is 15.0 Å². The standard InChI is InChI=1S/C22H30FN4OPS/c23-21-13-18(29)3-6-20(21)22(15-26-24)8-7-17(28-22)14-30-19-4-1-16(2-5-19)27-11-9-25-10-12-27/h1-6,13,17,25-26H,7-12,14-15,24,29H2. The molecule has 0 bridgehead atoms. The van der Waals surface area contributed by atoms with Crippen molar-refractivity contribution < 1.29 is 9.13 Å². The van der Waals surface area contributed by atoms with E-state index in [1.54, 1.807) is 11.8 Å². The zero-order valence-electron chi connectivity index (χ0n) is 17.1. The van der Waals surface area contributed by atoms with Crippen LogP contribution in [0.15, 0.2) is 47.4 Å². The molecule has 4 N–H and O–H groups in total. The Bertz CT molecular complexity index is 850. The molecular formula is C22H30FN4OPS. The lowest BCUT2D eigenvalue weighted by Crippen LogP contribution is -2.43. The van der Waals surface area contributed by atoms with Gasteiger partial charge in [0, 0.05) is 54.6 Å². The summed E-state index contributed by atoms with van der Waals surface area (Å²) in [4.78, 5) is 3.64. The average Bonchev–Trinajstić information content (AvgIpc) is 3.17. The number of hydrazine groups is 1. The monoisotopic (exact) mass is 448 g/mol. The van der Waals surface area contributed by atoms with E-state index in [0.29, 0.717) is 12.1 Å². The third-order valence-electron chi connectivity index (χ3n) is 5.89. The number of benzene rings is 2. The van der Waals surface area contributed by atoms with Gasteiger partial charge >= 0.3 is 0 Å². The minimum atomic E-state index is -0.714. The molecule has 3 atom stereocenters. The highest BCUT2D eigenvalue weighted by Gasteiger charge is 2.43. The third-order valence-corrected chi connectivity index (χ3v) is 7.39. The van der Waals surface area contributed by atoms with Crippen molar-refractivity contribution in [2.24, 2.45) is 5.84 Å². The lowest BCUT2D eigenvalue weighted by molar-refractivity contribution is -0.0376. The summed E-state index contributed by atoms with van der Waals surface area (Å²) in [6.45, 7) is 4.56. The fourth-order valence-corrected chi connectivity index (χ4v) is 5.49. The van der Waals surface area contributed by atoms with Gasteiger partial charge in [0.1, 0.15) is 11.4 Å². The van der Waals surface area contributed by atoms with Crippen LogP contribution in [-0.4, -0.2) is 44.6 Å². The number of hydrogen-bond acceptors (Lipinski definition) is 6. The van der Waals surface area contributed by atoms with E-state index < -0.39 is 5.60 Å². The topological polar surface area (TPSA) is 62.5 Å². The quantitative estimate of drug-likeness (QED) is 0.262. The van der Waals surface area contributed by atoms with Crippen molar-refractivity contribution in [1.82, 2.24) is 10.7 Å². The first-order valence-corrected chi connectivity index (χ1v) is 12.0. The Kier molecular flexibility index (Phi) is 7.29. The smallest absolute Gasteiger partial charge is 0.129 e. The molecule has 0 radical (unpaired) electrons. The second kappa shape index (κ2) is 9.94. The molecule has 0 spiro atoms. The summed E-state index contributed by atoms with van der Waals surface area (Å²) in [7, 11) is 2.53. The molecule has 2 aliphatic heterocycles. The number of ether oxygens (including phenoxy) is 1. The first kappa shape index (κ1) is 22.0. The molecule has 2 aliphatic rings. The van der Waals surface area contributed by atoms with Crippen LogP contribution in [0.3, 0.4) is 0 Å². The molecule has 0 saturated carbocycles. The van der Waals surface area contributed by atoms with Crippen LogP contribution >= 0.6 is 21.0 Å². The third kappa shape index (κ3) is 4.98. The van der Waals surface area contributed by atoms with Gasteiger partial charge in [-0.25, -0.2) is 4.39 Å². The highest BCUT2D eigenvalue weighted by Crippen LogP contribution is 2.41. The maximum atomic E-state index is 14.7. The van der Waals surface area contributed by atoms with E-state index in [1.807, 2.05) is 12.1 Å². The fourth-order valence-electron chi connectivity index (χ4n) is 4.30. The van der Waals surface area contributed by atoms with Gasteiger partial charge in [-0.2, -0.15) is 0 Å². The number of nitrogens with one attached hydrogen (secondary N) is 2. The molecule has 8 heteroatoms. The van der Waals surface area contributed by atoms with Crippen molar-refractivity contribution in [2.75, 3.05) is 43.4 Å². The summed E-state index contributed by atoms with van der Waals surface area (Å²) in [6.07, 6.45) is 1.69. The number of thioether (sulfide) groups is 1. The zero-order chi connectivity index (χ0) is 21.0. The normalized spacial score (nSPS) is 24.4. The minimum Gasteiger partial charge on any atom is -0.369 e. The van der Waals surface area contributed by atoms with Gasteiger partial charge in [0.15, 0.2) is 0 Å². The molecule has 0 amide bonds. The van der Waals surface area contributed by atoms with Crippen molar-refractivity contribution >= 4 is 32.0 Å². The van der Waals surface area contributed by atoms with Gasteiger partial charge in [0.25, 0.3) is 0 Å². The largest absolute Gasteiger partial charge is 0.369 e. The van der Waals surface area contributed by atoms with E-state index in [9.17, 15) is 4.39 Å². The van der Waals surface area contributed by atoms with Crippen LogP contribution in [0.4, 0.5) is 10.1 Å². The van der Waals surface area contributed by atoms with Crippen molar-refractivity contribution in [1.29, 1.82) is 0 Å². The Hall–Kier alpha value is -1.21. The Morgan fingerprint density at radius 1 is 1.23 bits per heavy atom. The molecular weight excluding hydrogens is 418 g/mol. The molecule has 30 heavy (non-hydrogen) atoms. The number of halogens is 1. The number of nitrogens with zero attached hydrogens (tertiary/aromatic N) is 1. The number of hydrogen-bond donors (Lipinski definition) is 3. The van der Waals surface area contributed by atoms with Gasteiger partial charge in [-0.3, -0.25) is 11.3 Å². The van der Waals surface area contributed by atoms with Crippen LogP contribution in [0, 0.1) is 5.82 Å². The summed E-state index contributed by atoms with van der Waals surface area (Å²) in [5.74, 6) is 6.22. The van der Waals surface area contributed by atoms with Gasteiger partial charge in [0.05, 0.1) is 6.10 Å². The summed E-state index contributed by atoms with van der Waals surface area (Å²) in [5, 5.41) is 4.21. The maximum absolute atomic E-state index is 14.7. The van der Waals surface area contributed by atoms with E-state index in [4.69, 9.17) is 10.6 Å². The Balaban J connectivity index is 1.37. The Morgan fingerprint density at radius 3 is 2.70 bits per heavy atom. The first-order chi connectivity index (χ1) is 14.6. The Morgan fingerprint density at radius 2 is 2.00 bits per heavy atom. The van der Waals surface area contributed by atoms with E-state index in [-0.39, 0.29) is 11.9 Å². The molecule has 3 unspecified atom stereocenters. The molecule has 0 aromatic heterocycles. The number of nitrogens with two attached hydrogens (primary N) is 1. The van der Waals surface area contributed by atoms with Gasteiger partial charge in [0.2, 0.25) is 0 Å². The van der Waals surface area contributed by atoms with Crippen molar-refractivity contribution in [3.05, 3.63) is 53.8 Å². The van der Waals surface area contributed by atoms with Crippen molar-refractivity contribution in [3.63, 3.8) is 0 Å². The summed E-state index contributed by atoms with van der Waals surface area (Å²) in [6, 6.07) is 14.0.